The summed E-state index contributed by atoms with van der Waals surface area (Å²) in [4.78, 5) is 4.63. The van der Waals surface area contributed by atoms with E-state index in [1.54, 1.807) is 11.3 Å². The van der Waals surface area contributed by atoms with Crippen molar-refractivity contribution in [3.8, 4) is 0 Å². The van der Waals surface area contributed by atoms with E-state index in [-0.39, 0.29) is 0 Å². The van der Waals surface area contributed by atoms with Crippen LogP contribution in [-0.4, -0.2) is 16.1 Å². The second-order valence-electron chi connectivity index (χ2n) is 5.10. The molecule has 4 heteroatoms. The second-order valence-corrected chi connectivity index (χ2v) is 6.04. The van der Waals surface area contributed by atoms with Gasteiger partial charge in [0.15, 0.2) is 0 Å². The van der Waals surface area contributed by atoms with Crippen molar-refractivity contribution in [1.29, 1.82) is 0 Å². The molecular formula is C16H25N3S. The number of aryl methyl sites for hydroxylation is 1. The molecule has 0 aliphatic heterocycles. The summed E-state index contributed by atoms with van der Waals surface area (Å²) in [6, 6.07) is 2.71. The van der Waals surface area contributed by atoms with Gasteiger partial charge in [0, 0.05) is 23.8 Å². The zero-order chi connectivity index (χ0) is 14.4. The first kappa shape index (κ1) is 15.3. The van der Waals surface area contributed by atoms with E-state index in [1.807, 2.05) is 0 Å². The predicted molar refractivity (Wildman–Crippen MR) is 86.4 cm³/mol. The summed E-state index contributed by atoms with van der Waals surface area (Å²) in [6.45, 7) is 8.45. The Labute approximate surface area is 126 Å². The van der Waals surface area contributed by atoms with Gasteiger partial charge in [0.05, 0.1) is 17.2 Å². The van der Waals surface area contributed by atoms with Gasteiger partial charge in [-0.3, -0.25) is 0 Å². The summed E-state index contributed by atoms with van der Waals surface area (Å²) in [5, 5.41) is 6.96. The minimum absolute atomic E-state index is 0.480. The Balaban J connectivity index is 2.03. The topological polar surface area (TPSA) is 29.9 Å². The molecule has 110 valence electrons. The van der Waals surface area contributed by atoms with E-state index in [0.29, 0.717) is 6.04 Å². The maximum atomic E-state index is 4.63. The molecule has 0 radical (unpaired) electrons. The lowest BCUT2D eigenvalue weighted by atomic mass is 10.1. The molecule has 1 unspecified atom stereocenters. The SMILES string of the molecule is CCCC(NCC)c1ccn(Cc2csc(CC)n2)c1. The average molecular weight is 291 g/mol. The van der Waals surface area contributed by atoms with E-state index < -0.39 is 0 Å². The van der Waals surface area contributed by atoms with Crippen molar-refractivity contribution in [2.24, 2.45) is 0 Å². The smallest absolute Gasteiger partial charge is 0.0926 e. The van der Waals surface area contributed by atoms with E-state index in [0.717, 1.165) is 19.5 Å². The maximum Gasteiger partial charge on any atom is 0.0926 e. The van der Waals surface area contributed by atoms with Gasteiger partial charge in [-0.15, -0.1) is 11.3 Å². The van der Waals surface area contributed by atoms with E-state index in [1.165, 1.54) is 29.1 Å². The quantitative estimate of drug-likeness (QED) is 0.796. The predicted octanol–water partition coefficient (Wildman–Crippen LogP) is 4.01. The zero-order valence-electron chi connectivity index (χ0n) is 12.7. The number of hydrogen-bond donors (Lipinski definition) is 1. The molecular weight excluding hydrogens is 266 g/mol. The fourth-order valence-corrected chi connectivity index (χ4v) is 3.19. The number of rotatable bonds is 8. The Kier molecular flexibility index (Phi) is 5.80. The third-order valence-electron chi connectivity index (χ3n) is 3.45. The first-order chi connectivity index (χ1) is 9.76. The first-order valence-corrected chi connectivity index (χ1v) is 8.47. The first-order valence-electron chi connectivity index (χ1n) is 7.59. The lowest BCUT2D eigenvalue weighted by Crippen LogP contribution is -2.20. The van der Waals surface area contributed by atoms with Crippen LogP contribution in [0.1, 0.15) is 55.9 Å². The van der Waals surface area contributed by atoms with Crippen LogP contribution < -0.4 is 5.32 Å². The number of hydrogen-bond acceptors (Lipinski definition) is 3. The molecule has 0 aliphatic carbocycles. The van der Waals surface area contributed by atoms with Crippen LogP contribution in [0.4, 0.5) is 0 Å². The highest BCUT2D eigenvalue weighted by Gasteiger charge is 2.11. The fraction of sp³-hybridized carbons (Fsp3) is 0.562. The molecule has 0 fully saturated rings. The molecule has 0 saturated carbocycles. The molecule has 2 heterocycles. The lowest BCUT2D eigenvalue weighted by molar-refractivity contribution is 0.508. The van der Waals surface area contributed by atoms with E-state index >= 15 is 0 Å². The molecule has 0 bridgehead atoms. The van der Waals surface area contributed by atoms with E-state index in [9.17, 15) is 0 Å². The van der Waals surface area contributed by atoms with E-state index in [2.05, 4.69) is 59.5 Å². The highest BCUT2D eigenvalue weighted by Crippen LogP contribution is 2.19. The van der Waals surface area contributed by atoms with Gasteiger partial charge in [0.25, 0.3) is 0 Å². The molecule has 2 aromatic rings. The van der Waals surface area contributed by atoms with Crippen molar-refractivity contribution in [3.63, 3.8) is 0 Å². The minimum Gasteiger partial charge on any atom is -0.348 e. The van der Waals surface area contributed by atoms with Gasteiger partial charge >= 0.3 is 0 Å². The summed E-state index contributed by atoms with van der Waals surface area (Å²) in [6.07, 6.45) is 7.85. The Morgan fingerprint density at radius 1 is 1.35 bits per heavy atom. The standard InChI is InChI=1S/C16H25N3S/c1-4-7-15(17-6-3)13-8-9-19(10-13)11-14-12-20-16(5-2)18-14/h8-10,12,15,17H,4-7,11H2,1-3H3. The van der Waals surface area contributed by atoms with Crippen LogP contribution in [0, 0.1) is 0 Å². The van der Waals surface area contributed by atoms with Crippen molar-refractivity contribution in [2.75, 3.05) is 6.54 Å². The average Bonchev–Trinajstić information content (AvgIpc) is 3.08. The van der Waals surface area contributed by atoms with Crippen molar-refractivity contribution in [1.82, 2.24) is 14.9 Å². The van der Waals surface area contributed by atoms with Crippen LogP contribution in [-0.2, 0) is 13.0 Å². The molecule has 0 aliphatic rings. The van der Waals surface area contributed by atoms with Gasteiger partial charge in [0.1, 0.15) is 0 Å². The van der Waals surface area contributed by atoms with Gasteiger partial charge in [-0.25, -0.2) is 4.98 Å². The lowest BCUT2D eigenvalue weighted by Gasteiger charge is -2.15. The summed E-state index contributed by atoms with van der Waals surface area (Å²) >= 11 is 1.76. The molecule has 0 amide bonds. The van der Waals surface area contributed by atoms with Gasteiger partial charge < -0.3 is 9.88 Å². The molecule has 2 rings (SSSR count). The summed E-state index contributed by atoms with van der Waals surface area (Å²) in [5.74, 6) is 0. The highest BCUT2D eigenvalue weighted by molar-refractivity contribution is 7.09. The normalized spacial score (nSPS) is 12.8. The number of thiazole rings is 1. The Morgan fingerprint density at radius 3 is 2.85 bits per heavy atom. The monoisotopic (exact) mass is 291 g/mol. The number of nitrogens with zero attached hydrogens (tertiary/aromatic N) is 2. The van der Waals surface area contributed by atoms with Gasteiger partial charge in [-0.1, -0.05) is 27.2 Å². The number of nitrogens with one attached hydrogen (secondary N) is 1. The minimum atomic E-state index is 0.480. The van der Waals surface area contributed by atoms with Gasteiger partial charge in [-0.05, 0) is 31.0 Å². The zero-order valence-corrected chi connectivity index (χ0v) is 13.5. The van der Waals surface area contributed by atoms with Crippen LogP contribution >= 0.6 is 11.3 Å². The Bertz CT molecular complexity index is 509. The molecule has 0 spiro atoms. The molecule has 0 saturated heterocycles. The van der Waals surface area contributed by atoms with E-state index in [4.69, 9.17) is 0 Å². The van der Waals surface area contributed by atoms with Crippen molar-refractivity contribution in [2.45, 2.75) is 52.6 Å². The second kappa shape index (κ2) is 7.60. The maximum absolute atomic E-state index is 4.63. The fourth-order valence-electron chi connectivity index (χ4n) is 2.46. The third kappa shape index (κ3) is 3.93. The summed E-state index contributed by atoms with van der Waals surface area (Å²) in [7, 11) is 0. The molecule has 1 atom stereocenters. The molecule has 20 heavy (non-hydrogen) atoms. The van der Waals surface area contributed by atoms with Crippen LogP contribution in [0.5, 0.6) is 0 Å². The molecule has 3 nitrogen and oxygen atoms in total. The Hall–Kier alpha value is -1.13. The summed E-state index contributed by atoms with van der Waals surface area (Å²) in [5.41, 5.74) is 2.56. The van der Waals surface area contributed by atoms with Gasteiger partial charge in [-0.2, -0.15) is 0 Å². The van der Waals surface area contributed by atoms with Crippen molar-refractivity contribution < 1.29 is 0 Å². The number of aromatic nitrogens is 2. The molecule has 0 aromatic carbocycles. The van der Waals surface area contributed by atoms with Crippen LogP contribution in [0.15, 0.2) is 23.8 Å². The highest BCUT2D eigenvalue weighted by atomic mass is 32.1. The molecule has 1 N–H and O–H groups in total. The third-order valence-corrected chi connectivity index (χ3v) is 4.49. The van der Waals surface area contributed by atoms with Crippen molar-refractivity contribution in [3.05, 3.63) is 40.1 Å². The van der Waals surface area contributed by atoms with Crippen LogP contribution in [0.2, 0.25) is 0 Å². The summed E-state index contributed by atoms with van der Waals surface area (Å²) < 4.78 is 2.24. The Morgan fingerprint density at radius 2 is 2.20 bits per heavy atom. The largest absolute Gasteiger partial charge is 0.348 e. The molecule has 2 aromatic heterocycles. The van der Waals surface area contributed by atoms with Crippen molar-refractivity contribution >= 4 is 11.3 Å². The van der Waals surface area contributed by atoms with Gasteiger partial charge in [0.2, 0.25) is 0 Å². The van der Waals surface area contributed by atoms with Crippen LogP contribution in [0.3, 0.4) is 0 Å². The van der Waals surface area contributed by atoms with Crippen LogP contribution in [0.25, 0.3) is 0 Å².